The smallest absolute Gasteiger partial charge is 0.338 e. The molecule has 0 radical (unpaired) electrons. The number of benzene rings is 4. The summed E-state index contributed by atoms with van der Waals surface area (Å²) in [5.74, 6) is 0.210. The lowest BCUT2D eigenvalue weighted by atomic mass is 9.93. The van der Waals surface area contributed by atoms with Crippen molar-refractivity contribution in [2.24, 2.45) is 4.99 Å². The first-order valence-corrected chi connectivity index (χ1v) is 15.0. The van der Waals surface area contributed by atoms with Crippen LogP contribution in [-0.4, -0.2) is 17.1 Å². The predicted octanol–water partition coefficient (Wildman–Crippen LogP) is 6.17. The van der Waals surface area contributed by atoms with Gasteiger partial charge in [-0.05, 0) is 54.0 Å². The summed E-state index contributed by atoms with van der Waals surface area (Å²) in [7, 11) is 0. The molecular formula is C35H27ClN2O4S. The van der Waals surface area contributed by atoms with Gasteiger partial charge in [-0.25, -0.2) is 9.79 Å². The third kappa shape index (κ3) is 6.09. The monoisotopic (exact) mass is 606 g/mol. The number of hydrogen-bond acceptors (Lipinski definition) is 6. The van der Waals surface area contributed by atoms with Crippen LogP contribution in [0.3, 0.4) is 0 Å². The zero-order valence-electron chi connectivity index (χ0n) is 23.3. The molecule has 0 spiro atoms. The minimum Gasteiger partial charge on any atom is -0.489 e. The second-order valence-electron chi connectivity index (χ2n) is 9.83. The van der Waals surface area contributed by atoms with Gasteiger partial charge in [0.1, 0.15) is 12.4 Å². The van der Waals surface area contributed by atoms with Crippen LogP contribution in [-0.2, 0) is 16.1 Å². The van der Waals surface area contributed by atoms with Gasteiger partial charge in [-0.2, -0.15) is 0 Å². The molecule has 8 heteroatoms. The third-order valence-corrected chi connectivity index (χ3v) is 8.22. The zero-order valence-corrected chi connectivity index (χ0v) is 24.8. The van der Waals surface area contributed by atoms with Crippen molar-refractivity contribution < 1.29 is 14.3 Å². The summed E-state index contributed by atoms with van der Waals surface area (Å²) in [4.78, 5) is 32.9. The van der Waals surface area contributed by atoms with Crippen molar-refractivity contribution in [1.82, 2.24) is 4.57 Å². The van der Waals surface area contributed by atoms with E-state index in [0.717, 1.165) is 28.0 Å². The number of carbonyl (C=O) groups is 1. The van der Waals surface area contributed by atoms with Crippen molar-refractivity contribution in [3.8, 4) is 5.75 Å². The Morgan fingerprint density at radius 2 is 1.60 bits per heavy atom. The number of halogens is 1. The molecule has 1 atom stereocenters. The number of thiazole rings is 1. The van der Waals surface area contributed by atoms with E-state index in [9.17, 15) is 9.59 Å². The summed E-state index contributed by atoms with van der Waals surface area (Å²) in [6, 6.07) is 33.4. The lowest BCUT2D eigenvalue weighted by Gasteiger charge is -2.25. The molecule has 5 aromatic rings. The molecule has 43 heavy (non-hydrogen) atoms. The van der Waals surface area contributed by atoms with E-state index in [2.05, 4.69) is 0 Å². The van der Waals surface area contributed by atoms with Gasteiger partial charge in [0, 0.05) is 10.6 Å². The number of carbonyl (C=O) groups excluding carboxylic acids is 1. The van der Waals surface area contributed by atoms with Crippen molar-refractivity contribution in [3.05, 3.63) is 162 Å². The van der Waals surface area contributed by atoms with E-state index >= 15 is 0 Å². The summed E-state index contributed by atoms with van der Waals surface area (Å²) >= 11 is 7.49. The first-order chi connectivity index (χ1) is 21.0. The first kappa shape index (κ1) is 28.4. The Balaban J connectivity index is 1.45. The molecule has 0 fully saturated rings. The van der Waals surface area contributed by atoms with Crippen molar-refractivity contribution in [2.75, 3.05) is 6.61 Å². The highest BCUT2D eigenvalue weighted by molar-refractivity contribution is 7.07. The fraction of sp³-hybridized carbons (Fsp3) is 0.114. The van der Waals surface area contributed by atoms with Crippen molar-refractivity contribution >= 4 is 40.7 Å². The Morgan fingerprint density at radius 3 is 2.28 bits per heavy atom. The molecule has 1 aliphatic rings. The average Bonchev–Trinajstić information content (AvgIpc) is 3.35. The van der Waals surface area contributed by atoms with Crippen molar-refractivity contribution in [3.63, 3.8) is 0 Å². The van der Waals surface area contributed by atoms with Gasteiger partial charge >= 0.3 is 5.97 Å². The number of rotatable bonds is 8. The van der Waals surface area contributed by atoms with E-state index in [1.54, 1.807) is 23.6 Å². The normalized spacial score (nSPS) is 14.7. The molecule has 4 aromatic carbocycles. The second kappa shape index (κ2) is 12.7. The highest BCUT2D eigenvalue weighted by atomic mass is 35.5. The Hall–Kier alpha value is -4.72. The quantitative estimate of drug-likeness (QED) is 0.198. The van der Waals surface area contributed by atoms with Gasteiger partial charge in [0.2, 0.25) is 0 Å². The minimum atomic E-state index is -0.751. The lowest BCUT2D eigenvalue weighted by molar-refractivity contribution is -0.138. The van der Waals surface area contributed by atoms with Crippen LogP contribution in [0.2, 0.25) is 5.02 Å². The molecule has 1 aromatic heterocycles. The van der Waals surface area contributed by atoms with Gasteiger partial charge in [0.25, 0.3) is 5.56 Å². The average molecular weight is 607 g/mol. The highest BCUT2D eigenvalue weighted by Gasteiger charge is 2.35. The molecule has 0 amide bonds. The predicted molar refractivity (Wildman–Crippen MR) is 170 cm³/mol. The van der Waals surface area contributed by atoms with E-state index < -0.39 is 12.0 Å². The van der Waals surface area contributed by atoms with E-state index in [1.807, 2.05) is 103 Å². The van der Waals surface area contributed by atoms with Gasteiger partial charge in [0.15, 0.2) is 4.80 Å². The molecule has 6 nitrogen and oxygen atoms in total. The number of nitrogens with zero attached hydrogens (tertiary/aromatic N) is 2. The SMILES string of the molecule is CCOC(=O)C1=C(c2ccccc2)N=c2s/c(=C\c3ccc(OCc4ccccc4)cc3)c(=O)n2C1c1ccc(Cl)cc1. The van der Waals surface area contributed by atoms with E-state index in [-0.39, 0.29) is 12.2 Å². The van der Waals surface area contributed by atoms with E-state index in [1.165, 1.54) is 11.3 Å². The summed E-state index contributed by atoms with van der Waals surface area (Å²) in [5, 5.41) is 0.553. The Bertz CT molecular complexity index is 1960. The fourth-order valence-electron chi connectivity index (χ4n) is 4.95. The summed E-state index contributed by atoms with van der Waals surface area (Å²) in [6.45, 7) is 2.41. The van der Waals surface area contributed by atoms with Gasteiger partial charge in [-0.1, -0.05) is 108 Å². The molecular weight excluding hydrogens is 580 g/mol. The van der Waals surface area contributed by atoms with Gasteiger partial charge in [0.05, 0.1) is 28.5 Å². The third-order valence-electron chi connectivity index (χ3n) is 6.99. The summed E-state index contributed by atoms with van der Waals surface area (Å²) < 4.78 is 13.5. The maximum absolute atomic E-state index is 14.0. The molecule has 2 heterocycles. The number of aromatic nitrogens is 1. The lowest BCUT2D eigenvalue weighted by Crippen LogP contribution is -2.40. The summed E-state index contributed by atoms with van der Waals surface area (Å²) in [6.07, 6.45) is 1.83. The molecule has 1 unspecified atom stereocenters. The number of ether oxygens (including phenoxy) is 2. The Labute approximate surface area is 257 Å². The molecule has 0 saturated carbocycles. The van der Waals surface area contributed by atoms with Crippen LogP contribution in [0.25, 0.3) is 11.8 Å². The highest BCUT2D eigenvalue weighted by Crippen LogP contribution is 2.35. The zero-order chi connectivity index (χ0) is 29.8. The van der Waals surface area contributed by atoms with Crippen LogP contribution in [0.1, 0.15) is 35.2 Å². The van der Waals surface area contributed by atoms with Crippen LogP contribution in [0, 0.1) is 0 Å². The Kier molecular flexibility index (Phi) is 8.36. The number of hydrogen-bond donors (Lipinski definition) is 0. The molecule has 0 aliphatic carbocycles. The van der Waals surface area contributed by atoms with Crippen molar-refractivity contribution in [2.45, 2.75) is 19.6 Å². The maximum Gasteiger partial charge on any atom is 0.338 e. The standard InChI is InChI=1S/C35H27ClN2O4S/c1-2-41-34(40)30-31(25-11-7-4-8-12-25)37-35-38(32(30)26-15-17-27(36)18-16-26)33(39)29(43-35)21-23-13-19-28(20-14-23)42-22-24-9-5-3-6-10-24/h3-21,32H,2,22H2,1H3/b29-21-. The Morgan fingerprint density at radius 1 is 0.930 bits per heavy atom. The van der Waals surface area contributed by atoms with E-state index in [4.69, 9.17) is 26.1 Å². The van der Waals surface area contributed by atoms with Crippen LogP contribution >= 0.6 is 22.9 Å². The minimum absolute atomic E-state index is 0.188. The molecule has 0 saturated heterocycles. The van der Waals surface area contributed by atoms with Gasteiger partial charge in [-0.3, -0.25) is 9.36 Å². The van der Waals surface area contributed by atoms with Crippen LogP contribution in [0.5, 0.6) is 5.75 Å². The molecule has 214 valence electrons. The van der Waals surface area contributed by atoms with Crippen LogP contribution < -0.4 is 19.6 Å². The van der Waals surface area contributed by atoms with Crippen LogP contribution in [0.15, 0.2) is 125 Å². The number of esters is 1. The molecule has 0 bridgehead atoms. The molecule has 1 aliphatic heterocycles. The van der Waals surface area contributed by atoms with Crippen LogP contribution in [0.4, 0.5) is 0 Å². The first-order valence-electron chi connectivity index (χ1n) is 13.8. The fourth-order valence-corrected chi connectivity index (χ4v) is 6.08. The summed E-state index contributed by atoms with van der Waals surface area (Å²) in [5.41, 5.74) is 3.94. The molecule has 6 rings (SSSR count). The largest absolute Gasteiger partial charge is 0.489 e. The van der Waals surface area contributed by atoms with E-state index in [0.29, 0.717) is 32.2 Å². The van der Waals surface area contributed by atoms with Crippen molar-refractivity contribution in [1.29, 1.82) is 0 Å². The number of fused-ring (bicyclic) bond motifs is 1. The van der Waals surface area contributed by atoms with Gasteiger partial charge < -0.3 is 9.47 Å². The van der Waals surface area contributed by atoms with Gasteiger partial charge in [-0.15, -0.1) is 0 Å². The topological polar surface area (TPSA) is 69.9 Å². The maximum atomic E-state index is 14.0. The molecule has 0 N–H and O–H groups in total. The second-order valence-corrected chi connectivity index (χ2v) is 11.3.